The third-order valence-electron chi connectivity index (χ3n) is 2.85. The second-order valence-corrected chi connectivity index (χ2v) is 5.10. The molecule has 0 aliphatic rings. The second-order valence-electron chi connectivity index (χ2n) is 4.28. The third kappa shape index (κ3) is 2.70. The molecule has 0 radical (unpaired) electrons. The van der Waals surface area contributed by atoms with Gasteiger partial charge in [-0.25, -0.2) is 4.39 Å². The van der Waals surface area contributed by atoms with Crippen LogP contribution in [0.3, 0.4) is 0 Å². The lowest BCUT2D eigenvalue weighted by atomic mass is 10.1. The molecule has 7 heteroatoms. The number of nitrogen functional groups attached to an aromatic ring is 1. The fourth-order valence-corrected chi connectivity index (χ4v) is 2.11. The Hall–Kier alpha value is -2.11. The van der Waals surface area contributed by atoms with E-state index in [1.807, 2.05) is 0 Å². The van der Waals surface area contributed by atoms with Gasteiger partial charge in [0.15, 0.2) is 0 Å². The summed E-state index contributed by atoms with van der Waals surface area (Å²) in [7, 11) is 0. The minimum atomic E-state index is -0.430. The molecule has 0 unspecified atom stereocenters. The van der Waals surface area contributed by atoms with Gasteiger partial charge >= 0.3 is 0 Å². The standard InChI is InChI=1S/C14H8Cl2FN3O/c15-10-4-1-7(5-11(10)16)13-19-14(21-20-13)9-3-2-8(17)6-12(9)18/h1-6H,18H2. The Labute approximate surface area is 129 Å². The molecule has 3 rings (SSSR count). The fraction of sp³-hybridized carbons (Fsp3) is 0. The maximum absolute atomic E-state index is 13.0. The number of aromatic nitrogens is 2. The second kappa shape index (κ2) is 5.35. The monoisotopic (exact) mass is 323 g/mol. The van der Waals surface area contributed by atoms with Crippen molar-refractivity contribution in [3.8, 4) is 22.8 Å². The Morgan fingerprint density at radius 1 is 1.05 bits per heavy atom. The summed E-state index contributed by atoms with van der Waals surface area (Å²) >= 11 is 11.8. The summed E-state index contributed by atoms with van der Waals surface area (Å²) in [5.41, 5.74) is 7.08. The maximum atomic E-state index is 13.0. The number of nitrogens with zero attached hydrogens (tertiary/aromatic N) is 2. The normalized spacial score (nSPS) is 10.8. The first kappa shape index (κ1) is 13.9. The average Bonchev–Trinajstić information content (AvgIpc) is 2.91. The molecule has 0 atom stereocenters. The van der Waals surface area contributed by atoms with Crippen LogP contribution in [0.4, 0.5) is 10.1 Å². The number of rotatable bonds is 2. The minimum Gasteiger partial charge on any atom is -0.398 e. The van der Waals surface area contributed by atoms with Crippen LogP contribution in [0.25, 0.3) is 22.8 Å². The Kier molecular flexibility index (Phi) is 3.53. The molecule has 2 N–H and O–H groups in total. The summed E-state index contributed by atoms with van der Waals surface area (Å²) in [5, 5.41) is 4.69. The van der Waals surface area contributed by atoms with Gasteiger partial charge in [-0.05, 0) is 36.4 Å². The van der Waals surface area contributed by atoms with Gasteiger partial charge in [0.2, 0.25) is 5.82 Å². The van der Waals surface area contributed by atoms with Gasteiger partial charge in [-0.2, -0.15) is 4.98 Å². The lowest BCUT2D eigenvalue weighted by molar-refractivity contribution is 0.432. The first-order valence-electron chi connectivity index (χ1n) is 5.89. The first-order chi connectivity index (χ1) is 10.0. The van der Waals surface area contributed by atoms with E-state index in [0.29, 0.717) is 27.0 Å². The van der Waals surface area contributed by atoms with Crippen LogP contribution in [-0.2, 0) is 0 Å². The van der Waals surface area contributed by atoms with Crippen molar-refractivity contribution < 1.29 is 8.91 Å². The zero-order valence-electron chi connectivity index (χ0n) is 10.5. The highest BCUT2D eigenvalue weighted by atomic mass is 35.5. The van der Waals surface area contributed by atoms with Crippen LogP contribution in [0.1, 0.15) is 0 Å². The van der Waals surface area contributed by atoms with Gasteiger partial charge in [0, 0.05) is 11.3 Å². The van der Waals surface area contributed by atoms with Gasteiger partial charge in [-0.3, -0.25) is 0 Å². The highest BCUT2D eigenvalue weighted by Crippen LogP contribution is 2.30. The van der Waals surface area contributed by atoms with Crippen molar-refractivity contribution in [2.24, 2.45) is 0 Å². The van der Waals surface area contributed by atoms with Crippen molar-refractivity contribution in [2.45, 2.75) is 0 Å². The molecule has 106 valence electrons. The van der Waals surface area contributed by atoms with Crippen LogP contribution in [0.5, 0.6) is 0 Å². The van der Waals surface area contributed by atoms with Crippen LogP contribution in [0, 0.1) is 5.82 Å². The van der Waals surface area contributed by atoms with E-state index in [4.69, 9.17) is 33.5 Å². The number of nitrogens with two attached hydrogens (primary N) is 1. The highest BCUT2D eigenvalue weighted by molar-refractivity contribution is 6.42. The van der Waals surface area contributed by atoms with E-state index in [0.717, 1.165) is 0 Å². The van der Waals surface area contributed by atoms with Crippen LogP contribution < -0.4 is 5.73 Å². The molecule has 0 amide bonds. The molecule has 0 aliphatic carbocycles. The lowest BCUT2D eigenvalue weighted by Crippen LogP contribution is -1.91. The average molecular weight is 324 g/mol. The predicted octanol–water partition coefficient (Wildman–Crippen LogP) is 4.43. The summed E-state index contributed by atoms with van der Waals surface area (Å²) in [6.07, 6.45) is 0. The molecule has 1 heterocycles. The van der Waals surface area contributed by atoms with Gasteiger partial charge in [-0.15, -0.1) is 0 Å². The number of halogens is 3. The van der Waals surface area contributed by atoms with Crippen molar-refractivity contribution >= 4 is 28.9 Å². The van der Waals surface area contributed by atoms with Crippen molar-refractivity contribution in [3.05, 3.63) is 52.3 Å². The van der Waals surface area contributed by atoms with E-state index in [-0.39, 0.29) is 11.6 Å². The zero-order valence-corrected chi connectivity index (χ0v) is 12.0. The Bertz CT molecular complexity index is 820. The van der Waals surface area contributed by atoms with Crippen LogP contribution in [0.15, 0.2) is 40.9 Å². The molecule has 1 aromatic heterocycles. The molecule has 0 saturated heterocycles. The Morgan fingerprint density at radius 2 is 1.86 bits per heavy atom. The summed E-state index contributed by atoms with van der Waals surface area (Å²) in [4.78, 5) is 4.23. The summed E-state index contributed by atoms with van der Waals surface area (Å²) < 4.78 is 18.2. The smallest absolute Gasteiger partial charge is 0.260 e. The van der Waals surface area contributed by atoms with E-state index < -0.39 is 5.82 Å². The van der Waals surface area contributed by atoms with E-state index in [9.17, 15) is 4.39 Å². The number of hydrogen-bond donors (Lipinski definition) is 1. The van der Waals surface area contributed by atoms with Gasteiger partial charge in [-0.1, -0.05) is 28.4 Å². The molecule has 0 spiro atoms. The fourth-order valence-electron chi connectivity index (χ4n) is 1.81. The molecular formula is C14H8Cl2FN3O. The molecule has 4 nitrogen and oxygen atoms in total. The van der Waals surface area contributed by atoms with Gasteiger partial charge in [0.25, 0.3) is 5.89 Å². The quantitative estimate of drug-likeness (QED) is 0.708. The molecule has 21 heavy (non-hydrogen) atoms. The molecule has 0 saturated carbocycles. The molecular weight excluding hydrogens is 316 g/mol. The van der Waals surface area contributed by atoms with E-state index in [2.05, 4.69) is 10.1 Å². The third-order valence-corrected chi connectivity index (χ3v) is 3.59. The van der Waals surface area contributed by atoms with Crippen LogP contribution in [0.2, 0.25) is 10.0 Å². The number of benzene rings is 2. The van der Waals surface area contributed by atoms with Gasteiger partial charge < -0.3 is 10.3 Å². The van der Waals surface area contributed by atoms with Crippen LogP contribution >= 0.6 is 23.2 Å². The Balaban J connectivity index is 2.01. The van der Waals surface area contributed by atoms with Gasteiger partial charge in [0.05, 0.1) is 15.6 Å². The predicted molar refractivity (Wildman–Crippen MR) is 79.6 cm³/mol. The molecule has 0 bridgehead atoms. The highest BCUT2D eigenvalue weighted by Gasteiger charge is 2.14. The summed E-state index contributed by atoms with van der Waals surface area (Å²) in [5.74, 6) is 0.112. The van der Waals surface area contributed by atoms with Crippen molar-refractivity contribution in [2.75, 3.05) is 5.73 Å². The molecule has 3 aromatic rings. The van der Waals surface area contributed by atoms with Crippen molar-refractivity contribution in [1.29, 1.82) is 0 Å². The van der Waals surface area contributed by atoms with Gasteiger partial charge in [0.1, 0.15) is 5.82 Å². The van der Waals surface area contributed by atoms with Crippen molar-refractivity contribution in [3.63, 3.8) is 0 Å². The summed E-state index contributed by atoms with van der Waals surface area (Å²) in [6, 6.07) is 8.94. The lowest BCUT2D eigenvalue weighted by Gasteiger charge is -1.99. The van der Waals surface area contributed by atoms with Crippen molar-refractivity contribution in [1.82, 2.24) is 10.1 Å². The van der Waals surface area contributed by atoms with E-state index >= 15 is 0 Å². The van der Waals surface area contributed by atoms with E-state index in [1.165, 1.54) is 18.2 Å². The first-order valence-corrected chi connectivity index (χ1v) is 6.65. The van der Waals surface area contributed by atoms with Crippen LogP contribution in [-0.4, -0.2) is 10.1 Å². The zero-order chi connectivity index (χ0) is 15.0. The molecule has 0 fully saturated rings. The minimum absolute atomic E-state index is 0.202. The summed E-state index contributed by atoms with van der Waals surface area (Å²) in [6.45, 7) is 0. The molecule has 2 aromatic carbocycles. The molecule has 0 aliphatic heterocycles. The Morgan fingerprint density at radius 3 is 2.57 bits per heavy atom. The largest absolute Gasteiger partial charge is 0.398 e. The van der Waals surface area contributed by atoms with E-state index in [1.54, 1.807) is 18.2 Å². The topological polar surface area (TPSA) is 64.9 Å². The maximum Gasteiger partial charge on any atom is 0.260 e. The number of hydrogen-bond acceptors (Lipinski definition) is 4. The number of anilines is 1. The SMILES string of the molecule is Nc1cc(F)ccc1-c1nc(-c2ccc(Cl)c(Cl)c2)no1.